The van der Waals surface area contributed by atoms with Crippen molar-refractivity contribution in [2.24, 2.45) is 5.92 Å². The number of hydrogen-bond acceptors (Lipinski definition) is 2. The Morgan fingerprint density at radius 1 is 1.19 bits per heavy atom. The van der Waals surface area contributed by atoms with Gasteiger partial charge in [-0.1, -0.05) is 26.2 Å². The SMILES string of the molecule is CCC(C)(C)N(C)CC1CCCCCC1O. The number of hydrogen-bond donors (Lipinski definition) is 1. The Morgan fingerprint density at radius 3 is 2.44 bits per heavy atom. The van der Waals surface area contributed by atoms with Gasteiger partial charge in [-0.15, -0.1) is 0 Å². The molecule has 0 bridgehead atoms. The van der Waals surface area contributed by atoms with Crippen LogP contribution in [0.3, 0.4) is 0 Å². The van der Waals surface area contributed by atoms with Crippen molar-refractivity contribution in [3.8, 4) is 0 Å². The Bertz CT molecular complexity index is 203. The quantitative estimate of drug-likeness (QED) is 0.746. The molecular weight excluding hydrogens is 198 g/mol. The number of nitrogens with zero attached hydrogens (tertiary/aromatic N) is 1. The topological polar surface area (TPSA) is 23.5 Å². The van der Waals surface area contributed by atoms with Crippen LogP contribution in [0, 0.1) is 5.92 Å². The van der Waals surface area contributed by atoms with E-state index in [1.807, 2.05) is 0 Å². The molecule has 0 aliphatic heterocycles. The normalized spacial score (nSPS) is 28.1. The Kier molecular flexibility index (Phi) is 5.26. The van der Waals surface area contributed by atoms with Gasteiger partial charge in [-0.2, -0.15) is 0 Å². The van der Waals surface area contributed by atoms with Gasteiger partial charge in [0.1, 0.15) is 0 Å². The third-order valence-corrected chi connectivity index (χ3v) is 4.53. The Labute approximate surface area is 101 Å². The third-order valence-electron chi connectivity index (χ3n) is 4.53. The Morgan fingerprint density at radius 2 is 1.81 bits per heavy atom. The first kappa shape index (κ1) is 14.0. The molecule has 1 saturated carbocycles. The van der Waals surface area contributed by atoms with Crippen molar-refractivity contribution >= 4 is 0 Å². The molecule has 96 valence electrons. The summed E-state index contributed by atoms with van der Waals surface area (Å²) in [5.41, 5.74) is 0.256. The Balaban J connectivity index is 2.51. The molecule has 2 nitrogen and oxygen atoms in total. The van der Waals surface area contributed by atoms with E-state index in [1.165, 1.54) is 25.7 Å². The summed E-state index contributed by atoms with van der Waals surface area (Å²) in [6.07, 6.45) is 7.09. The zero-order valence-electron chi connectivity index (χ0n) is 11.5. The van der Waals surface area contributed by atoms with E-state index in [-0.39, 0.29) is 11.6 Å². The second-order valence-electron chi connectivity index (χ2n) is 6.01. The first-order chi connectivity index (χ1) is 7.47. The molecule has 0 amide bonds. The monoisotopic (exact) mass is 227 g/mol. The van der Waals surface area contributed by atoms with Gasteiger partial charge in [-0.3, -0.25) is 0 Å². The van der Waals surface area contributed by atoms with Gasteiger partial charge in [0.05, 0.1) is 6.10 Å². The zero-order valence-corrected chi connectivity index (χ0v) is 11.5. The van der Waals surface area contributed by atoms with Crippen LogP contribution in [0.5, 0.6) is 0 Å². The van der Waals surface area contributed by atoms with Gasteiger partial charge in [-0.25, -0.2) is 0 Å². The van der Waals surface area contributed by atoms with Crippen molar-refractivity contribution in [3.63, 3.8) is 0 Å². The summed E-state index contributed by atoms with van der Waals surface area (Å²) < 4.78 is 0. The predicted molar refractivity (Wildman–Crippen MR) is 69.6 cm³/mol. The Hall–Kier alpha value is -0.0800. The summed E-state index contributed by atoms with van der Waals surface area (Å²) in [4.78, 5) is 2.42. The standard InChI is InChI=1S/C14H29NO/c1-5-14(2,3)15(4)11-12-9-7-6-8-10-13(12)16/h12-13,16H,5-11H2,1-4H3. The van der Waals surface area contributed by atoms with Gasteiger partial charge in [0.2, 0.25) is 0 Å². The van der Waals surface area contributed by atoms with E-state index in [9.17, 15) is 5.11 Å². The highest BCUT2D eigenvalue weighted by atomic mass is 16.3. The van der Waals surface area contributed by atoms with Gasteiger partial charge in [0.25, 0.3) is 0 Å². The fourth-order valence-electron chi connectivity index (χ4n) is 2.45. The minimum atomic E-state index is -0.0717. The van der Waals surface area contributed by atoms with Gasteiger partial charge >= 0.3 is 0 Å². The molecule has 0 aromatic heterocycles. The van der Waals surface area contributed by atoms with Crippen molar-refractivity contribution < 1.29 is 5.11 Å². The minimum absolute atomic E-state index is 0.0717. The van der Waals surface area contributed by atoms with E-state index >= 15 is 0 Å². The largest absolute Gasteiger partial charge is 0.393 e. The molecule has 2 unspecified atom stereocenters. The second kappa shape index (κ2) is 6.02. The van der Waals surface area contributed by atoms with E-state index in [0.717, 1.165) is 19.4 Å². The van der Waals surface area contributed by atoms with Gasteiger partial charge in [0.15, 0.2) is 0 Å². The molecule has 2 atom stereocenters. The van der Waals surface area contributed by atoms with E-state index in [0.29, 0.717) is 5.92 Å². The molecule has 1 rings (SSSR count). The molecule has 2 heteroatoms. The lowest BCUT2D eigenvalue weighted by molar-refractivity contribution is 0.0498. The summed E-state index contributed by atoms with van der Waals surface area (Å²) in [6, 6.07) is 0. The highest BCUT2D eigenvalue weighted by Crippen LogP contribution is 2.26. The fourth-order valence-corrected chi connectivity index (χ4v) is 2.45. The number of aliphatic hydroxyl groups excluding tert-OH is 1. The smallest absolute Gasteiger partial charge is 0.0580 e. The van der Waals surface area contributed by atoms with Crippen LogP contribution in [0.1, 0.15) is 59.3 Å². The highest BCUT2D eigenvalue weighted by Gasteiger charge is 2.28. The number of aliphatic hydroxyl groups is 1. The van der Waals surface area contributed by atoms with E-state index < -0.39 is 0 Å². The van der Waals surface area contributed by atoms with E-state index in [4.69, 9.17) is 0 Å². The van der Waals surface area contributed by atoms with Crippen LogP contribution < -0.4 is 0 Å². The van der Waals surface area contributed by atoms with Crippen LogP contribution in [-0.4, -0.2) is 35.2 Å². The van der Waals surface area contributed by atoms with Gasteiger partial charge in [-0.05, 0) is 46.1 Å². The van der Waals surface area contributed by atoms with Crippen molar-refractivity contribution in [2.75, 3.05) is 13.6 Å². The van der Waals surface area contributed by atoms with Crippen LogP contribution in [0.4, 0.5) is 0 Å². The van der Waals surface area contributed by atoms with Crippen molar-refractivity contribution in [3.05, 3.63) is 0 Å². The lowest BCUT2D eigenvalue weighted by Gasteiger charge is -2.38. The van der Waals surface area contributed by atoms with E-state index in [1.54, 1.807) is 0 Å². The molecule has 0 aromatic rings. The maximum absolute atomic E-state index is 10.1. The minimum Gasteiger partial charge on any atom is -0.393 e. The van der Waals surface area contributed by atoms with Crippen LogP contribution >= 0.6 is 0 Å². The molecule has 1 N–H and O–H groups in total. The molecule has 0 heterocycles. The molecule has 0 saturated heterocycles. The molecule has 0 aromatic carbocycles. The van der Waals surface area contributed by atoms with Crippen molar-refractivity contribution in [1.82, 2.24) is 4.90 Å². The average Bonchev–Trinajstić information content (AvgIpc) is 2.44. The molecular formula is C14H29NO. The molecule has 1 fully saturated rings. The van der Waals surface area contributed by atoms with Crippen LogP contribution in [0.25, 0.3) is 0 Å². The van der Waals surface area contributed by atoms with Gasteiger partial charge < -0.3 is 10.0 Å². The van der Waals surface area contributed by atoms with Crippen LogP contribution in [0.15, 0.2) is 0 Å². The summed E-state index contributed by atoms with van der Waals surface area (Å²) in [5, 5.41) is 10.1. The summed E-state index contributed by atoms with van der Waals surface area (Å²) in [5.74, 6) is 0.485. The first-order valence-corrected chi connectivity index (χ1v) is 6.86. The molecule has 0 radical (unpaired) electrons. The van der Waals surface area contributed by atoms with Crippen LogP contribution in [0.2, 0.25) is 0 Å². The van der Waals surface area contributed by atoms with E-state index in [2.05, 4.69) is 32.7 Å². The molecule has 16 heavy (non-hydrogen) atoms. The average molecular weight is 227 g/mol. The van der Waals surface area contributed by atoms with Crippen molar-refractivity contribution in [2.45, 2.75) is 70.9 Å². The highest BCUT2D eigenvalue weighted by molar-refractivity contribution is 4.82. The third kappa shape index (κ3) is 3.74. The maximum Gasteiger partial charge on any atom is 0.0580 e. The summed E-state index contributed by atoms with van der Waals surface area (Å²) >= 11 is 0. The zero-order chi connectivity index (χ0) is 12.2. The summed E-state index contributed by atoms with van der Waals surface area (Å²) in [6.45, 7) is 7.86. The lowest BCUT2D eigenvalue weighted by Crippen LogP contribution is -2.45. The molecule has 1 aliphatic rings. The second-order valence-corrected chi connectivity index (χ2v) is 6.01. The van der Waals surface area contributed by atoms with Gasteiger partial charge in [0, 0.05) is 12.1 Å². The molecule has 1 aliphatic carbocycles. The fraction of sp³-hybridized carbons (Fsp3) is 1.00. The van der Waals surface area contributed by atoms with Crippen molar-refractivity contribution in [1.29, 1.82) is 0 Å². The maximum atomic E-state index is 10.1. The molecule has 0 spiro atoms. The lowest BCUT2D eigenvalue weighted by atomic mass is 9.93. The predicted octanol–water partition coefficient (Wildman–Crippen LogP) is 3.05. The number of rotatable bonds is 4. The summed E-state index contributed by atoms with van der Waals surface area (Å²) in [7, 11) is 2.20. The first-order valence-electron chi connectivity index (χ1n) is 6.86. The van der Waals surface area contributed by atoms with Crippen LogP contribution in [-0.2, 0) is 0 Å².